The van der Waals surface area contributed by atoms with Crippen molar-refractivity contribution in [2.75, 3.05) is 0 Å². The number of aromatic nitrogens is 1. The Morgan fingerprint density at radius 1 is 1.37 bits per heavy atom. The van der Waals surface area contributed by atoms with Crippen LogP contribution in [0.1, 0.15) is 28.9 Å². The predicted octanol–water partition coefficient (Wildman–Crippen LogP) is 2.33. The first-order valence-corrected chi connectivity index (χ1v) is 6.18. The van der Waals surface area contributed by atoms with Crippen molar-refractivity contribution in [3.05, 3.63) is 34.5 Å². The number of halogens is 1. The highest BCUT2D eigenvalue weighted by molar-refractivity contribution is 6.31. The lowest BCUT2D eigenvalue weighted by atomic mass is 10.0. The van der Waals surface area contributed by atoms with Crippen molar-refractivity contribution < 1.29 is 14.7 Å². The van der Waals surface area contributed by atoms with Crippen molar-refractivity contribution in [3.8, 4) is 0 Å². The summed E-state index contributed by atoms with van der Waals surface area (Å²) in [5.41, 5.74) is 7.15. The van der Waals surface area contributed by atoms with Gasteiger partial charge in [0.1, 0.15) is 5.69 Å². The van der Waals surface area contributed by atoms with Gasteiger partial charge in [-0.15, -0.1) is 0 Å². The molecule has 2 rings (SSSR count). The number of carbonyl (C=O) groups excluding carboxylic acids is 1. The highest BCUT2D eigenvalue weighted by Crippen LogP contribution is 2.26. The van der Waals surface area contributed by atoms with Crippen LogP contribution in [-0.2, 0) is 11.2 Å². The third kappa shape index (κ3) is 2.88. The molecular formula is C13H13ClN2O3. The quantitative estimate of drug-likeness (QED) is 0.784. The second kappa shape index (κ2) is 5.32. The summed E-state index contributed by atoms with van der Waals surface area (Å²) in [4.78, 5) is 24.9. The summed E-state index contributed by atoms with van der Waals surface area (Å²) in [7, 11) is 0. The highest BCUT2D eigenvalue weighted by atomic mass is 35.5. The fourth-order valence-electron chi connectivity index (χ4n) is 2.11. The number of aliphatic carboxylic acids is 1. The van der Waals surface area contributed by atoms with Gasteiger partial charge in [0.15, 0.2) is 0 Å². The molecule has 0 atom stereocenters. The summed E-state index contributed by atoms with van der Waals surface area (Å²) in [6.07, 6.45) is 0.950. The molecule has 2 aromatic rings. The van der Waals surface area contributed by atoms with Crippen LogP contribution >= 0.6 is 11.6 Å². The lowest BCUT2D eigenvalue weighted by Crippen LogP contribution is -2.13. The van der Waals surface area contributed by atoms with Crippen molar-refractivity contribution in [3.63, 3.8) is 0 Å². The maximum atomic E-state index is 11.4. The molecule has 0 aliphatic rings. The molecule has 1 aromatic carbocycles. The smallest absolute Gasteiger partial charge is 0.303 e. The van der Waals surface area contributed by atoms with Crippen LogP contribution in [0.5, 0.6) is 0 Å². The molecule has 0 unspecified atom stereocenters. The largest absolute Gasteiger partial charge is 0.481 e. The molecule has 0 spiro atoms. The van der Waals surface area contributed by atoms with E-state index in [1.165, 1.54) is 0 Å². The zero-order valence-electron chi connectivity index (χ0n) is 10.1. The molecule has 0 fully saturated rings. The number of nitrogens with two attached hydrogens (primary N) is 1. The van der Waals surface area contributed by atoms with Crippen LogP contribution in [0.2, 0.25) is 5.02 Å². The highest BCUT2D eigenvalue weighted by Gasteiger charge is 2.15. The minimum absolute atomic E-state index is 0.0471. The van der Waals surface area contributed by atoms with Crippen molar-refractivity contribution in [1.82, 2.24) is 4.98 Å². The minimum atomic E-state index is -0.863. The number of aryl methyl sites for hydroxylation is 1. The number of aromatic amines is 1. The molecule has 0 bridgehead atoms. The van der Waals surface area contributed by atoms with Gasteiger partial charge in [-0.3, -0.25) is 9.59 Å². The third-order valence-electron chi connectivity index (χ3n) is 2.93. The van der Waals surface area contributed by atoms with Crippen LogP contribution in [0.25, 0.3) is 10.9 Å². The lowest BCUT2D eigenvalue weighted by Gasteiger charge is -2.01. The summed E-state index contributed by atoms with van der Waals surface area (Å²) in [6.45, 7) is 0. The second-order valence-corrected chi connectivity index (χ2v) is 4.72. The minimum Gasteiger partial charge on any atom is -0.481 e. The van der Waals surface area contributed by atoms with Crippen LogP contribution in [0.3, 0.4) is 0 Å². The first-order chi connectivity index (χ1) is 8.99. The van der Waals surface area contributed by atoms with Gasteiger partial charge in [0.2, 0.25) is 0 Å². The number of hydrogen-bond donors (Lipinski definition) is 3. The number of hydrogen-bond acceptors (Lipinski definition) is 2. The van der Waals surface area contributed by atoms with Crippen molar-refractivity contribution >= 4 is 34.4 Å². The Bertz CT molecular complexity index is 649. The van der Waals surface area contributed by atoms with Gasteiger partial charge in [0, 0.05) is 22.3 Å². The van der Waals surface area contributed by atoms with Crippen LogP contribution in [0.4, 0.5) is 0 Å². The number of carboxylic acids is 1. The summed E-state index contributed by atoms with van der Waals surface area (Å²) >= 11 is 5.94. The number of rotatable bonds is 5. The Balaban J connectivity index is 2.42. The molecule has 5 nitrogen and oxygen atoms in total. The molecule has 6 heteroatoms. The average molecular weight is 281 g/mol. The van der Waals surface area contributed by atoms with Gasteiger partial charge in [-0.2, -0.15) is 0 Å². The summed E-state index contributed by atoms with van der Waals surface area (Å²) < 4.78 is 0. The molecule has 0 aliphatic heterocycles. The molecule has 1 aromatic heterocycles. The number of carbonyl (C=O) groups is 2. The summed E-state index contributed by atoms with van der Waals surface area (Å²) in [5, 5.41) is 10.0. The van der Waals surface area contributed by atoms with Gasteiger partial charge < -0.3 is 15.8 Å². The summed E-state index contributed by atoms with van der Waals surface area (Å²) in [6, 6.07) is 5.23. The van der Waals surface area contributed by atoms with E-state index in [2.05, 4.69) is 4.98 Å². The predicted molar refractivity (Wildman–Crippen MR) is 72.4 cm³/mol. The van der Waals surface area contributed by atoms with E-state index < -0.39 is 11.9 Å². The van der Waals surface area contributed by atoms with E-state index in [1.54, 1.807) is 18.2 Å². The zero-order chi connectivity index (χ0) is 14.0. The Kier molecular flexibility index (Phi) is 3.76. The molecule has 1 heterocycles. The van der Waals surface area contributed by atoms with Crippen LogP contribution in [0.15, 0.2) is 18.2 Å². The first-order valence-electron chi connectivity index (χ1n) is 5.80. The average Bonchev–Trinajstić information content (AvgIpc) is 2.67. The van der Waals surface area contributed by atoms with Crippen molar-refractivity contribution in [2.24, 2.45) is 5.73 Å². The first kappa shape index (κ1) is 13.4. The van der Waals surface area contributed by atoms with Crippen LogP contribution in [-0.4, -0.2) is 22.0 Å². The van der Waals surface area contributed by atoms with Gasteiger partial charge >= 0.3 is 5.97 Å². The molecule has 19 heavy (non-hydrogen) atoms. The fraction of sp³-hybridized carbons (Fsp3) is 0.231. The number of benzene rings is 1. The second-order valence-electron chi connectivity index (χ2n) is 4.28. The number of H-pyrrole nitrogens is 1. The van der Waals surface area contributed by atoms with Crippen molar-refractivity contribution in [1.29, 1.82) is 0 Å². The van der Waals surface area contributed by atoms with Gasteiger partial charge in [-0.25, -0.2) is 0 Å². The van der Waals surface area contributed by atoms with Gasteiger partial charge in [0.25, 0.3) is 5.91 Å². The molecule has 1 amide bonds. The number of primary amides is 1. The Morgan fingerprint density at radius 2 is 2.11 bits per heavy atom. The molecule has 100 valence electrons. The number of carboxylic acid groups (broad SMARTS) is 1. The van der Waals surface area contributed by atoms with Crippen LogP contribution in [0, 0.1) is 0 Å². The van der Waals surface area contributed by atoms with E-state index in [4.69, 9.17) is 22.4 Å². The zero-order valence-corrected chi connectivity index (χ0v) is 10.8. The number of amides is 1. The van der Waals surface area contributed by atoms with Gasteiger partial charge in [-0.1, -0.05) is 11.6 Å². The normalized spacial score (nSPS) is 10.8. The van der Waals surface area contributed by atoms with Crippen LogP contribution < -0.4 is 5.73 Å². The fourth-order valence-corrected chi connectivity index (χ4v) is 2.28. The Hall–Kier alpha value is -2.01. The molecule has 0 radical (unpaired) electrons. The Morgan fingerprint density at radius 3 is 2.74 bits per heavy atom. The van der Waals surface area contributed by atoms with E-state index in [0.717, 1.165) is 16.5 Å². The molecule has 0 aliphatic carbocycles. The topological polar surface area (TPSA) is 96.2 Å². The molecule has 4 N–H and O–H groups in total. The van der Waals surface area contributed by atoms with Gasteiger partial charge in [0.05, 0.1) is 0 Å². The van der Waals surface area contributed by atoms with Crippen molar-refractivity contribution in [2.45, 2.75) is 19.3 Å². The van der Waals surface area contributed by atoms with E-state index >= 15 is 0 Å². The Labute approximate surface area is 114 Å². The third-order valence-corrected chi connectivity index (χ3v) is 3.17. The molecular weight excluding hydrogens is 268 g/mol. The summed E-state index contributed by atoms with van der Waals surface area (Å²) in [5.74, 6) is -1.42. The number of fused-ring (bicyclic) bond motifs is 1. The van der Waals surface area contributed by atoms with Gasteiger partial charge in [-0.05, 0) is 36.6 Å². The maximum absolute atomic E-state index is 11.4. The molecule has 0 saturated carbocycles. The molecule has 0 saturated heterocycles. The standard InChI is InChI=1S/C13H13ClN2O3/c14-7-4-5-10-9(6-7)8(2-1-3-11(17)18)12(16-10)13(15)19/h4-6,16H,1-3H2,(H2,15,19)(H,17,18). The lowest BCUT2D eigenvalue weighted by molar-refractivity contribution is -0.137. The monoisotopic (exact) mass is 280 g/mol. The van der Waals surface area contributed by atoms with E-state index in [1.807, 2.05) is 0 Å². The van der Waals surface area contributed by atoms with E-state index in [0.29, 0.717) is 23.6 Å². The van der Waals surface area contributed by atoms with E-state index in [-0.39, 0.29) is 6.42 Å². The SMILES string of the molecule is NC(=O)c1[nH]c2ccc(Cl)cc2c1CCCC(=O)O. The van der Waals surface area contributed by atoms with E-state index in [9.17, 15) is 9.59 Å². The maximum Gasteiger partial charge on any atom is 0.303 e. The number of nitrogens with one attached hydrogen (secondary N) is 1.